The minimum atomic E-state index is 0.0941. The van der Waals surface area contributed by atoms with Crippen LogP contribution in [0.5, 0.6) is 0 Å². The van der Waals surface area contributed by atoms with Crippen molar-refractivity contribution in [2.24, 2.45) is 5.73 Å². The van der Waals surface area contributed by atoms with Gasteiger partial charge in [0.05, 0.1) is 17.8 Å². The van der Waals surface area contributed by atoms with E-state index in [4.69, 9.17) is 5.73 Å². The van der Waals surface area contributed by atoms with E-state index in [1.165, 1.54) is 0 Å². The third-order valence-electron chi connectivity index (χ3n) is 2.29. The molecule has 0 aromatic carbocycles. The first-order chi connectivity index (χ1) is 6.22. The minimum Gasteiger partial charge on any atom is -0.326 e. The fourth-order valence-corrected chi connectivity index (χ4v) is 1.46. The number of nitrogens with two attached hydrogens (primary N) is 1. The van der Waals surface area contributed by atoms with Crippen molar-refractivity contribution in [1.29, 1.82) is 0 Å². The number of aromatic nitrogens is 1. The maximum absolute atomic E-state index is 11.3. The fourth-order valence-electron chi connectivity index (χ4n) is 1.46. The molecular formula is C9H11N3O. The van der Waals surface area contributed by atoms with Gasteiger partial charge >= 0.3 is 0 Å². The lowest BCUT2D eigenvalue weighted by Gasteiger charge is -2.09. The summed E-state index contributed by atoms with van der Waals surface area (Å²) in [6.07, 6.45) is 2.14. The Hall–Kier alpha value is -1.42. The number of fused-ring (bicyclic) bond motifs is 1. The van der Waals surface area contributed by atoms with E-state index in [1.54, 1.807) is 18.1 Å². The standard InChI is InChI=1S/C9H11N3O/c1-12-8-2-6(4-10)5-11-7(8)3-9(12)13/h2,5H,3-4,10H2,1H3. The van der Waals surface area contributed by atoms with E-state index < -0.39 is 0 Å². The number of pyridine rings is 1. The second-order valence-corrected chi connectivity index (χ2v) is 3.14. The molecule has 0 fully saturated rings. The monoisotopic (exact) mass is 177 g/mol. The van der Waals surface area contributed by atoms with Crippen molar-refractivity contribution < 1.29 is 4.79 Å². The predicted molar refractivity (Wildman–Crippen MR) is 49.2 cm³/mol. The molecule has 0 saturated carbocycles. The van der Waals surface area contributed by atoms with Crippen LogP contribution in [0.2, 0.25) is 0 Å². The van der Waals surface area contributed by atoms with Crippen LogP contribution in [-0.4, -0.2) is 17.9 Å². The van der Waals surface area contributed by atoms with Gasteiger partial charge in [0.2, 0.25) is 5.91 Å². The summed E-state index contributed by atoms with van der Waals surface area (Å²) >= 11 is 0. The van der Waals surface area contributed by atoms with Gasteiger partial charge in [-0.15, -0.1) is 0 Å². The van der Waals surface area contributed by atoms with Crippen LogP contribution in [0.4, 0.5) is 5.69 Å². The van der Waals surface area contributed by atoms with Crippen LogP contribution in [0.15, 0.2) is 12.3 Å². The van der Waals surface area contributed by atoms with Gasteiger partial charge in [-0.05, 0) is 11.6 Å². The number of likely N-dealkylation sites (N-methyl/N-ethyl adjacent to an activating group) is 1. The molecule has 1 aromatic heterocycles. The summed E-state index contributed by atoms with van der Waals surface area (Å²) < 4.78 is 0. The van der Waals surface area contributed by atoms with Crippen LogP contribution in [0.1, 0.15) is 11.3 Å². The molecular weight excluding hydrogens is 166 g/mol. The predicted octanol–water partition coefficient (Wildman–Crippen LogP) is 0.0592. The molecule has 68 valence electrons. The molecule has 0 bridgehead atoms. The number of amides is 1. The van der Waals surface area contributed by atoms with Crippen molar-refractivity contribution in [3.05, 3.63) is 23.5 Å². The van der Waals surface area contributed by atoms with Crippen LogP contribution in [-0.2, 0) is 17.8 Å². The molecule has 1 aliphatic rings. The number of carbonyl (C=O) groups excluding carboxylic acids is 1. The summed E-state index contributed by atoms with van der Waals surface area (Å²) in [6, 6.07) is 1.92. The molecule has 2 rings (SSSR count). The third-order valence-corrected chi connectivity index (χ3v) is 2.29. The summed E-state index contributed by atoms with van der Waals surface area (Å²) in [4.78, 5) is 17.1. The maximum atomic E-state index is 11.3. The number of nitrogens with zero attached hydrogens (tertiary/aromatic N) is 2. The Labute approximate surface area is 76.4 Å². The molecule has 0 atom stereocenters. The molecule has 2 heterocycles. The molecule has 2 N–H and O–H groups in total. The van der Waals surface area contributed by atoms with E-state index in [1.807, 2.05) is 6.07 Å². The summed E-state index contributed by atoms with van der Waals surface area (Å²) in [5, 5.41) is 0. The van der Waals surface area contributed by atoms with Gasteiger partial charge in [-0.2, -0.15) is 0 Å². The van der Waals surface area contributed by atoms with Crippen molar-refractivity contribution in [1.82, 2.24) is 4.98 Å². The Kier molecular flexibility index (Phi) is 1.77. The zero-order chi connectivity index (χ0) is 9.42. The van der Waals surface area contributed by atoms with Gasteiger partial charge in [0.25, 0.3) is 0 Å². The largest absolute Gasteiger partial charge is 0.326 e. The Morgan fingerprint density at radius 1 is 1.69 bits per heavy atom. The smallest absolute Gasteiger partial charge is 0.232 e. The van der Waals surface area contributed by atoms with Crippen molar-refractivity contribution in [3.63, 3.8) is 0 Å². The number of rotatable bonds is 1. The van der Waals surface area contributed by atoms with E-state index in [0.29, 0.717) is 13.0 Å². The lowest BCUT2D eigenvalue weighted by atomic mass is 10.2. The summed E-state index contributed by atoms with van der Waals surface area (Å²) in [7, 11) is 1.76. The van der Waals surface area contributed by atoms with Crippen LogP contribution in [0.25, 0.3) is 0 Å². The summed E-state index contributed by atoms with van der Waals surface area (Å²) in [5.74, 6) is 0.0941. The Morgan fingerprint density at radius 3 is 3.15 bits per heavy atom. The van der Waals surface area contributed by atoms with Gasteiger partial charge in [-0.1, -0.05) is 0 Å². The number of hydrogen-bond acceptors (Lipinski definition) is 3. The van der Waals surface area contributed by atoms with Gasteiger partial charge in [0.15, 0.2) is 0 Å². The van der Waals surface area contributed by atoms with Crippen LogP contribution in [0.3, 0.4) is 0 Å². The summed E-state index contributed by atoms with van der Waals surface area (Å²) in [6.45, 7) is 0.461. The highest BCUT2D eigenvalue weighted by atomic mass is 16.2. The molecule has 0 saturated heterocycles. The average Bonchev–Trinajstić information content (AvgIpc) is 2.43. The molecule has 0 spiro atoms. The molecule has 0 aliphatic carbocycles. The van der Waals surface area contributed by atoms with E-state index >= 15 is 0 Å². The van der Waals surface area contributed by atoms with Crippen LogP contribution < -0.4 is 10.6 Å². The fraction of sp³-hybridized carbons (Fsp3) is 0.333. The number of carbonyl (C=O) groups is 1. The second kappa shape index (κ2) is 2.81. The first-order valence-corrected chi connectivity index (χ1v) is 4.17. The first kappa shape index (κ1) is 8.19. The Morgan fingerprint density at radius 2 is 2.46 bits per heavy atom. The highest BCUT2D eigenvalue weighted by molar-refractivity contribution is 6.00. The Balaban J connectivity index is 2.47. The summed E-state index contributed by atoms with van der Waals surface area (Å²) in [5.41, 5.74) is 8.19. The van der Waals surface area contributed by atoms with E-state index in [0.717, 1.165) is 16.9 Å². The second-order valence-electron chi connectivity index (χ2n) is 3.14. The highest BCUT2D eigenvalue weighted by Gasteiger charge is 2.24. The average molecular weight is 177 g/mol. The van der Waals surface area contributed by atoms with Crippen LogP contribution >= 0.6 is 0 Å². The normalized spacial score (nSPS) is 14.9. The lowest BCUT2D eigenvalue weighted by Crippen LogP contribution is -2.20. The zero-order valence-electron chi connectivity index (χ0n) is 7.45. The molecule has 4 heteroatoms. The molecule has 1 amide bonds. The topological polar surface area (TPSA) is 59.2 Å². The molecule has 1 aromatic rings. The van der Waals surface area contributed by atoms with Gasteiger partial charge in [-0.3, -0.25) is 9.78 Å². The minimum absolute atomic E-state index is 0.0941. The quantitative estimate of drug-likeness (QED) is 0.659. The SMILES string of the molecule is CN1C(=O)Cc2ncc(CN)cc21. The van der Waals surface area contributed by atoms with Crippen molar-refractivity contribution in [2.45, 2.75) is 13.0 Å². The molecule has 0 unspecified atom stereocenters. The molecule has 4 nitrogen and oxygen atoms in total. The van der Waals surface area contributed by atoms with Crippen molar-refractivity contribution >= 4 is 11.6 Å². The van der Waals surface area contributed by atoms with Gasteiger partial charge in [0, 0.05) is 19.8 Å². The maximum Gasteiger partial charge on any atom is 0.232 e. The molecule has 0 radical (unpaired) electrons. The third kappa shape index (κ3) is 1.19. The van der Waals surface area contributed by atoms with E-state index in [9.17, 15) is 4.79 Å². The molecule has 13 heavy (non-hydrogen) atoms. The van der Waals surface area contributed by atoms with Gasteiger partial charge in [0.1, 0.15) is 0 Å². The number of hydrogen-bond donors (Lipinski definition) is 1. The Bertz CT molecular complexity index is 362. The lowest BCUT2D eigenvalue weighted by molar-refractivity contribution is -0.117. The van der Waals surface area contributed by atoms with Gasteiger partial charge < -0.3 is 10.6 Å². The van der Waals surface area contributed by atoms with Crippen molar-refractivity contribution in [3.8, 4) is 0 Å². The van der Waals surface area contributed by atoms with Crippen LogP contribution in [0, 0.1) is 0 Å². The zero-order valence-corrected chi connectivity index (χ0v) is 7.45. The number of anilines is 1. The molecule has 1 aliphatic heterocycles. The van der Waals surface area contributed by atoms with Gasteiger partial charge in [-0.25, -0.2) is 0 Å². The highest BCUT2D eigenvalue weighted by Crippen LogP contribution is 2.26. The van der Waals surface area contributed by atoms with Crippen molar-refractivity contribution in [2.75, 3.05) is 11.9 Å². The first-order valence-electron chi connectivity index (χ1n) is 4.17. The van der Waals surface area contributed by atoms with E-state index in [2.05, 4.69) is 4.98 Å². The van der Waals surface area contributed by atoms with E-state index in [-0.39, 0.29) is 5.91 Å².